The maximum atomic E-state index is 15.0. The molecule has 0 aromatic rings. The summed E-state index contributed by atoms with van der Waals surface area (Å²) in [5, 5.41) is 130. The molecule has 0 radical (unpaired) electrons. The molecule has 0 aromatic carbocycles. The molecule has 0 aromatic heterocycles. The summed E-state index contributed by atoms with van der Waals surface area (Å²) in [7, 11) is 0. The van der Waals surface area contributed by atoms with Crippen molar-refractivity contribution in [1.29, 1.82) is 0 Å². The van der Waals surface area contributed by atoms with Gasteiger partial charge in [0.2, 0.25) is 6.29 Å². The SMILES string of the molecule is C[C@H]1[C@H](C)CC[C@]2(C(=O)O[C@@H]3O[C@@H](CO[C@@H]4O[C@H](CO)[C@@H](O[C@@H]5O[C@H](C)[C@@H](O)[C@H](O)[C@H]5O)[C@H](O)[C@H]4O)[C@H](O)[C@@H](O)[C@H]3O)CC[C@]3(C)C(=CC[C@H]4[C@@]5(C)C[C@@H](O)[C@@H](O)[C@@](C)(CO)[C@@H]5CC[C@]43C)[C@H]12. The molecule has 12 N–H and O–H groups in total. The predicted octanol–water partition coefficient (Wildman–Crippen LogP) is -1.03. The Hall–Kier alpha value is -1.47. The molecule has 67 heavy (non-hydrogen) atoms. The molecule has 3 saturated heterocycles. The van der Waals surface area contributed by atoms with Crippen molar-refractivity contribution >= 4 is 5.97 Å². The number of carbonyl (C=O) groups is 1. The average Bonchev–Trinajstić information content (AvgIpc) is 3.29. The van der Waals surface area contributed by atoms with E-state index in [2.05, 4.69) is 40.7 Å². The van der Waals surface area contributed by atoms with E-state index in [1.807, 2.05) is 6.92 Å². The second kappa shape index (κ2) is 18.5. The van der Waals surface area contributed by atoms with Crippen molar-refractivity contribution in [3.8, 4) is 0 Å². The van der Waals surface area contributed by atoms with E-state index in [1.54, 1.807) is 0 Å². The van der Waals surface area contributed by atoms with E-state index < -0.39 is 134 Å². The summed E-state index contributed by atoms with van der Waals surface area (Å²) in [6.45, 7) is 13.0. The Bertz CT molecular complexity index is 1820. The van der Waals surface area contributed by atoms with Gasteiger partial charge >= 0.3 is 5.97 Å². The second-order valence-corrected chi connectivity index (χ2v) is 22.9. The summed E-state index contributed by atoms with van der Waals surface area (Å²) in [6, 6.07) is 0. The number of aliphatic hydroxyl groups excluding tert-OH is 12. The molecule has 384 valence electrons. The maximum absolute atomic E-state index is 15.0. The summed E-state index contributed by atoms with van der Waals surface area (Å²) in [6.07, 6.45) is -18.9. The van der Waals surface area contributed by atoms with Crippen LogP contribution in [0, 0.1) is 56.7 Å². The topological polar surface area (TPSA) is 315 Å². The molecule has 0 spiro atoms. The van der Waals surface area contributed by atoms with Gasteiger partial charge in [-0.2, -0.15) is 0 Å². The number of hydrogen-bond acceptors (Lipinski definition) is 19. The third-order valence-corrected chi connectivity index (χ3v) is 19.7. The molecule has 19 heteroatoms. The smallest absolute Gasteiger partial charge is 0.315 e. The van der Waals surface area contributed by atoms with Gasteiger partial charge in [-0.15, -0.1) is 0 Å². The molecule has 19 nitrogen and oxygen atoms in total. The second-order valence-electron chi connectivity index (χ2n) is 22.9. The number of fused-ring (bicyclic) bond motifs is 7. The molecular formula is C48H78O19. The van der Waals surface area contributed by atoms with Crippen molar-refractivity contribution in [2.75, 3.05) is 19.8 Å². The number of allylic oxidation sites excluding steroid dienone is 2. The lowest BCUT2D eigenvalue weighted by molar-refractivity contribution is -0.361. The molecule has 4 saturated carbocycles. The molecule has 7 fully saturated rings. The zero-order valence-corrected chi connectivity index (χ0v) is 39.8. The minimum absolute atomic E-state index is 0.0112. The fourth-order valence-electron chi connectivity index (χ4n) is 15.2. The van der Waals surface area contributed by atoms with Crippen LogP contribution in [-0.2, 0) is 33.2 Å². The van der Waals surface area contributed by atoms with Gasteiger partial charge in [-0.25, -0.2) is 0 Å². The van der Waals surface area contributed by atoms with Crippen LogP contribution in [0.2, 0.25) is 0 Å². The highest BCUT2D eigenvalue weighted by Gasteiger charge is 2.71. The minimum Gasteiger partial charge on any atom is -0.432 e. The lowest BCUT2D eigenvalue weighted by Gasteiger charge is -2.71. The number of aliphatic hydroxyl groups is 12. The molecule has 3 aliphatic heterocycles. The number of ether oxygens (including phenoxy) is 6. The van der Waals surface area contributed by atoms with Gasteiger partial charge in [0, 0.05) is 5.41 Å². The van der Waals surface area contributed by atoms with Gasteiger partial charge < -0.3 is 89.7 Å². The van der Waals surface area contributed by atoms with Gasteiger partial charge in [-0.3, -0.25) is 4.79 Å². The van der Waals surface area contributed by atoms with Crippen LogP contribution >= 0.6 is 0 Å². The van der Waals surface area contributed by atoms with Gasteiger partial charge in [0.15, 0.2) is 12.6 Å². The van der Waals surface area contributed by atoms with Crippen LogP contribution in [0.25, 0.3) is 0 Å². The molecule has 27 atom stereocenters. The molecule has 0 amide bonds. The van der Waals surface area contributed by atoms with Crippen molar-refractivity contribution in [2.45, 2.75) is 204 Å². The quantitative estimate of drug-likeness (QED) is 0.0971. The summed E-state index contributed by atoms with van der Waals surface area (Å²) in [5.74, 6) is -0.386. The standard InChI is InChI=1S/C48H78O19/c1-20-10-13-48(15-14-46(6)23(29(48)21(20)2)8-9-28-44(4)16-24(51)39(60)45(5,19-50)27(44)11-12-47(28,46)7)43(61)67-42-36(58)33(55)31(53)26(65-42)18-62-40-37(59)34(56)38(25(17-49)64-40)66-41-35(57)32(54)30(52)22(3)63-41/h8,20-22,24-42,49-60H,9-19H2,1-7H3/t20-,21+,22-,24-,25-,26+,27-,28+,29+,30-,31+,32+,33-,34-,35-,36-,37-,38-,39-,40-,41+,42+,44+,45+,46-,47-,48+/m1/s1. The zero-order chi connectivity index (χ0) is 49.1. The lowest BCUT2D eigenvalue weighted by atomic mass is 9.33. The van der Waals surface area contributed by atoms with Gasteiger partial charge in [-0.1, -0.05) is 53.2 Å². The van der Waals surface area contributed by atoms with E-state index in [-0.39, 0.29) is 52.4 Å². The number of esters is 1. The van der Waals surface area contributed by atoms with E-state index >= 15 is 4.79 Å². The molecule has 5 aliphatic carbocycles. The highest BCUT2D eigenvalue weighted by molar-refractivity contribution is 5.79. The van der Waals surface area contributed by atoms with Crippen molar-refractivity contribution in [1.82, 2.24) is 0 Å². The van der Waals surface area contributed by atoms with Gasteiger partial charge in [0.1, 0.15) is 67.1 Å². The molecule has 0 bridgehead atoms. The van der Waals surface area contributed by atoms with Crippen LogP contribution < -0.4 is 0 Å². The third kappa shape index (κ3) is 7.92. The fourth-order valence-corrected chi connectivity index (χ4v) is 15.2. The van der Waals surface area contributed by atoms with Crippen molar-refractivity contribution in [2.24, 2.45) is 56.7 Å². The maximum Gasteiger partial charge on any atom is 0.315 e. The molecule has 8 aliphatic rings. The first-order valence-electron chi connectivity index (χ1n) is 24.5. The largest absolute Gasteiger partial charge is 0.432 e. The lowest BCUT2D eigenvalue weighted by Crippen LogP contribution is -2.68. The van der Waals surface area contributed by atoms with Crippen molar-refractivity contribution in [3.05, 3.63) is 11.6 Å². The van der Waals surface area contributed by atoms with Gasteiger partial charge in [0.25, 0.3) is 0 Å². The van der Waals surface area contributed by atoms with Gasteiger partial charge in [-0.05, 0) is 104 Å². The normalized spacial score (nSPS) is 56.7. The van der Waals surface area contributed by atoms with Crippen LogP contribution in [0.15, 0.2) is 11.6 Å². The Kier molecular flexibility index (Phi) is 14.4. The molecular weight excluding hydrogens is 881 g/mol. The number of hydrogen-bond donors (Lipinski definition) is 12. The Morgan fingerprint density at radius 2 is 1.34 bits per heavy atom. The van der Waals surface area contributed by atoms with Gasteiger partial charge in [0.05, 0.1) is 43.5 Å². The van der Waals surface area contributed by atoms with E-state index in [1.165, 1.54) is 12.5 Å². The van der Waals surface area contributed by atoms with Crippen molar-refractivity contribution in [3.63, 3.8) is 0 Å². The Balaban J connectivity index is 0.985. The van der Waals surface area contributed by atoms with Crippen LogP contribution in [0.5, 0.6) is 0 Å². The van der Waals surface area contributed by atoms with E-state index in [9.17, 15) is 61.3 Å². The highest BCUT2D eigenvalue weighted by Crippen LogP contribution is 2.76. The summed E-state index contributed by atoms with van der Waals surface area (Å²) < 4.78 is 34.7. The van der Waals surface area contributed by atoms with E-state index in [0.717, 1.165) is 19.3 Å². The Labute approximate surface area is 392 Å². The number of carbonyl (C=O) groups excluding carboxylic acids is 1. The van der Waals surface area contributed by atoms with Crippen LogP contribution in [-0.4, -0.2) is 191 Å². The molecule has 3 heterocycles. The van der Waals surface area contributed by atoms with E-state index in [4.69, 9.17) is 28.4 Å². The monoisotopic (exact) mass is 959 g/mol. The first kappa shape index (κ1) is 51.9. The molecule has 8 rings (SSSR count). The zero-order valence-electron chi connectivity index (χ0n) is 39.8. The summed E-state index contributed by atoms with van der Waals surface area (Å²) >= 11 is 0. The third-order valence-electron chi connectivity index (χ3n) is 19.7. The van der Waals surface area contributed by atoms with Crippen LogP contribution in [0.4, 0.5) is 0 Å². The molecule has 0 unspecified atom stereocenters. The first-order chi connectivity index (χ1) is 31.4. The first-order valence-corrected chi connectivity index (χ1v) is 24.5. The Morgan fingerprint density at radius 1 is 0.701 bits per heavy atom. The average molecular weight is 959 g/mol. The predicted molar refractivity (Wildman–Crippen MR) is 231 cm³/mol. The number of rotatable bonds is 9. The minimum atomic E-state index is -1.86. The summed E-state index contributed by atoms with van der Waals surface area (Å²) in [4.78, 5) is 15.0. The fraction of sp³-hybridized carbons (Fsp3) is 0.938. The Morgan fingerprint density at radius 3 is 2.01 bits per heavy atom. The summed E-state index contributed by atoms with van der Waals surface area (Å²) in [5.41, 5.74) is -1.64. The van der Waals surface area contributed by atoms with Crippen molar-refractivity contribution < 1.29 is 94.5 Å². The van der Waals surface area contributed by atoms with Crippen LogP contribution in [0.1, 0.15) is 99.8 Å². The van der Waals surface area contributed by atoms with E-state index in [0.29, 0.717) is 32.1 Å². The highest BCUT2D eigenvalue weighted by atomic mass is 16.8. The van der Waals surface area contributed by atoms with Crippen LogP contribution in [0.3, 0.4) is 0 Å².